The van der Waals surface area contributed by atoms with Gasteiger partial charge in [0.2, 0.25) is 5.91 Å². The Morgan fingerprint density at radius 1 is 1.07 bits per heavy atom. The molecule has 1 fully saturated rings. The second-order valence-electron chi connectivity index (χ2n) is 7.79. The van der Waals surface area contributed by atoms with Gasteiger partial charge in [0.05, 0.1) is 28.5 Å². The molecule has 0 radical (unpaired) electrons. The van der Waals surface area contributed by atoms with E-state index in [1.54, 1.807) is 6.07 Å². The van der Waals surface area contributed by atoms with Crippen molar-refractivity contribution in [2.45, 2.75) is 44.1 Å². The molecule has 5 rings (SSSR count). The summed E-state index contributed by atoms with van der Waals surface area (Å²) in [5, 5.41) is 3.84. The fourth-order valence-corrected chi connectivity index (χ4v) is 4.46. The van der Waals surface area contributed by atoms with Gasteiger partial charge in [-0.25, -0.2) is 9.97 Å². The van der Waals surface area contributed by atoms with Gasteiger partial charge in [-0.1, -0.05) is 30.2 Å². The van der Waals surface area contributed by atoms with Gasteiger partial charge in [0.1, 0.15) is 11.6 Å². The molecule has 2 aromatic carbocycles. The summed E-state index contributed by atoms with van der Waals surface area (Å²) < 4.78 is 0. The van der Waals surface area contributed by atoms with Crippen LogP contribution >= 0.6 is 11.6 Å². The molecule has 148 valence electrons. The van der Waals surface area contributed by atoms with Crippen LogP contribution in [0.2, 0.25) is 5.02 Å². The van der Waals surface area contributed by atoms with Crippen LogP contribution in [0.3, 0.4) is 0 Å². The maximum atomic E-state index is 12.6. The summed E-state index contributed by atoms with van der Waals surface area (Å²) >= 11 is 6.02. The Labute approximate surface area is 173 Å². The Bertz CT molecular complexity index is 1150. The molecule has 7 heteroatoms. The van der Waals surface area contributed by atoms with Crippen LogP contribution in [0.5, 0.6) is 0 Å². The average Bonchev–Trinajstić information content (AvgIpc) is 3.31. The Kier molecular flexibility index (Phi) is 4.72. The van der Waals surface area contributed by atoms with Gasteiger partial charge >= 0.3 is 0 Å². The number of aromatic amines is 2. The van der Waals surface area contributed by atoms with Crippen molar-refractivity contribution in [3.63, 3.8) is 0 Å². The molecule has 29 heavy (non-hydrogen) atoms. The number of amides is 1. The number of nitrogens with zero attached hydrogens (tertiary/aromatic N) is 2. The summed E-state index contributed by atoms with van der Waals surface area (Å²) in [4.78, 5) is 28.5. The van der Waals surface area contributed by atoms with E-state index in [1.807, 2.05) is 30.3 Å². The first kappa shape index (κ1) is 18.2. The van der Waals surface area contributed by atoms with Crippen LogP contribution in [-0.2, 0) is 11.2 Å². The highest BCUT2D eigenvalue weighted by molar-refractivity contribution is 6.31. The Balaban J connectivity index is 1.24. The molecule has 3 N–H and O–H groups in total. The summed E-state index contributed by atoms with van der Waals surface area (Å²) in [5.41, 5.74) is 3.74. The second-order valence-corrected chi connectivity index (χ2v) is 8.23. The topological polar surface area (TPSA) is 86.5 Å². The molecule has 1 saturated carbocycles. The normalized spacial score (nSPS) is 19.6. The maximum Gasteiger partial charge on any atom is 0.227 e. The number of aromatic nitrogens is 4. The summed E-state index contributed by atoms with van der Waals surface area (Å²) in [7, 11) is 0. The van der Waals surface area contributed by atoms with Crippen LogP contribution in [0.1, 0.15) is 43.3 Å². The molecule has 0 bridgehead atoms. The van der Waals surface area contributed by atoms with Crippen molar-refractivity contribution in [2.75, 3.05) is 0 Å². The van der Waals surface area contributed by atoms with Crippen LogP contribution in [-0.4, -0.2) is 31.9 Å². The van der Waals surface area contributed by atoms with Gasteiger partial charge in [0.15, 0.2) is 0 Å². The predicted octanol–water partition coefficient (Wildman–Crippen LogP) is 4.48. The smallest absolute Gasteiger partial charge is 0.227 e. The van der Waals surface area contributed by atoms with E-state index < -0.39 is 0 Å². The third-order valence-corrected chi connectivity index (χ3v) is 5.89. The molecule has 1 aliphatic rings. The zero-order chi connectivity index (χ0) is 19.8. The van der Waals surface area contributed by atoms with Gasteiger partial charge in [-0.15, -0.1) is 0 Å². The number of benzene rings is 2. The highest BCUT2D eigenvalue weighted by atomic mass is 35.5. The van der Waals surface area contributed by atoms with E-state index in [2.05, 4.69) is 26.3 Å². The molecule has 1 amide bonds. The lowest BCUT2D eigenvalue weighted by atomic mass is 9.85. The van der Waals surface area contributed by atoms with Crippen LogP contribution in [0.25, 0.3) is 22.1 Å². The molecule has 2 heterocycles. The number of carbonyl (C=O) groups excluding carboxylic acids is 1. The first-order valence-electron chi connectivity index (χ1n) is 10.0. The predicted molar refractivity (Wildman–Crippen MR) is 114 cm³/mol. The van der Waals surface area contributed by atoms with Gasteiger partial charge in [-0.3, -0.25) is 4.79 Å². The minimum absolute atomic E-state index is 0.00888. The first-order chi connectivity index (χ1) is 14.1. The van der Waals surface area contributed by atoms with Crippen LogP contribution in [0, 0.1) is 0 Å². The largest absolute Gasteiger partial charge is 0.353 e. The van der Waals surface area contributed by atoms with E-state index in [-0.39, 0.29) is 18.4 Å². The zero-order valence-corrected chi connectivity index (χ0v) is 16.7. The van der Waals surface area contributed by atoms with Gasteiger partial charge in [0.25, 0.3) is 0 Å². The lowest BCUT2D eigenvalue weighted by molar-refractivity contribution is -0.121. The third-order valence-electron chi connectivity index (χ3n) is 5.65. The number of H-pyrrole nitrogens is 2. The number of nitrogens with one attached hydrogen (secondary N) is 3. The van der Waals surface area contributed by atoms with Crippen molar-refractivity contribution in [1.29, 1.82) is 0 Å². The minimum Gasteiger partial charge on any atom is -0.353 e. The number of hydrogen-bond acceptors (Lipinski definition) is 3. The molecule has 1 unspecified atom stereocenters. The number of carbonyl (C=O) groups is 1. The van der Waals surface area contributed by atoms with Crippen molar-refractivity contribution < 1.29 is 4.79 Å². The van der Waals surface area contributed by atoms with Crippen molar-refractivity contribution in [3.8, 4) is 0 Å². The fraction of sp³-hybridized carbons (Fsp3) is 0.318. The minimum atomic E-state index is -0.00888. The summed E-state index contributed by atoms with van der Waals surface area (Å²) in [6.07, 6.45) is 4.31. The number of para-hydroxylation sites is 2. The molecular weight excluding hydrogens is 386 g/mol. The number of fused-ring (bicyclic) bond motifs is 2. The summed E-state index contributed by atoms with van der Waals surface area (Å²) in [6.45, 7) is 0. The Morgan fingerprint density at radius 3 is 2.83 bits per heavy atom. The van der Waals surface area contributed by atoms with Crippen molar-refractivity contribution >= 4 is 39.6 Å². The standard InChI is InChI=1S/C22H22ClN5O/c23-14-8-9-18-19(11-14)26-20(25-18)12-21(29)24-15-5-3-4-13(10-15)22-27-16-6-1-2-7-17(16)28-22/h1-2,6-9,11,13,15H,3-5,10,12H2,(H,24,29)(H,25,26)(H,27,28)/t13-,15?/m0/s1. The number of hydrogen-bond donors (Lipinski definition) is 3. The molecule has 0 aliphatic heterocycles. The van der Waals surface area contributed by atoms with Crippen LogP contribution < -0.4 is 5.32 Å². The molecule has 0 spiro atoms. The third kappa shape index (κ3) is 3.85. The molecule has 2 atom stereocenters. The van der Waals surface area contributed by atoms with E-state index in [1.165, 1.54) is 0 Å². The van der Waals surface area contributed by atoms with Gasteiger partial charge in [-0.2, -0.15) is 0 Å². The Morgan fingerprint density at radius 2 is 1.93 bits per heavy atom. The average molecular weight is 408 g/mol. The molecule has 0 saturated heterocycles. The van der Waals surface area contributed by atoms with Crippen molar-refractivity contribution in [2.24, 2.45) is 0 Å². The van der Waals surface area contributed by atoms with E-state index in [9.17, 15) is 4.79 Å². The van der Waals surface area contributed by atoms with Crippen molar-refractivity contribution in [1.82, 2.24) is 25.3 Å². The van der Waals surface area contributed by atoms with E-state index in [4.69, 9.17) is 16.6 Å². The quantitative estimate of drug-likeness (QED) is 0.466. The van der Waals surface area contributed by atoms with Crippen molar-refractivity contribution in [3.05, 3.63) is 59.1 Å². The summed E-state index contributed by atoms with van der Waals surface area (Å²) in [5.74, 6) is 2.02. The van der Waals surface area contributed by atoms with Crippen LogP contribution in [0.15, 0.2) is 42.5 Å². The van der Waals surface area contributed by atoms with E-state index in [0.717, 1.165) is 53.6 Å². The monoisotopic (exact) mass is 407 g/mol. The fourth-order valence-electron chi connectivity index (χ4n) is 4.28. The van der Waals surface area contributed by atoms with Gasteiger partial charge in [-0.05, 0) is 49.6 Å². The summed E-state index contributed by atoms with van der Waals surface area (Å²) in [6, 6.07) is 13.7. The highest BCUT2D eigenvalue weighted by Crippen LogP contribution is 2.32. The zero-order valence-electron chi connectivity index (χ0n) is 15.9. The Hall–Kier alpha value is -2.86. The SMILES string of the molecule is O=C(Cc1nc2ccc(Cl)cc2[nH]1)NC1CCC[C@H](c2nc3ccccc3[nH]2)C1. The van der Waals surface area contributed by atoms with Gasteiger partial charge in [0, 0.05) is 17.0 Å². The lowest BCUT2D eigenvalue weighted by Crippen LogP contribution is -2.39. The lowest BCUT2D eigenvalue weighted by Gasteiger charge is -2.28. The molecular formula is C22H22ClN5O. The molecule has 1 aliphatic carbocycles. The maximum absolute atomic E-state index is 12.6. The van der Waals surface area contributed by atoms with E-state index >= 15 is 0 Å². The number of halogens is 1. The second kappa shape index (κ2) is 7.52. The molecule has 4 aromatic rings. The number of imidazole rings is 2. The molecule has 6 nitrogen and oxygen atoms in total. The van der Waals surface area contributed by atoms with Gasteiger partial charge < -0.3 is 15.3 Å². The molecule has 2 aromatic heterocycles. The highest BCUT2D eigenvalue weighted by Gasteiger charge is 2.26. The van der Waals surface area contributed by atoms with Crippen LogP contribution in [0.4, 0.5) is 0 Å². The first-order valence-corrected chi connectivity index (χ1v) is 10.4. The van der Waals surface area contributed by atoms with E-state index in [0.29, 0.717) is 16.8 Å². The number of rotatable bonds is 4.